The van der Waals surface area contributed by atoms with E-state index in [-0.39, 0.29) is 6.03 Å². The van der Waals surface area contributed by atoms with Gasteiger partial charge in [0.15, 0.2) is 0 Å². The predicted octanol–water partition coefficient (Wildman–Crippen LogP) is 5.87. The van der Waals surface area contributed by atoms with Crippen LogP contribution in [0.2, 0.25) is 0 Å². The van der Waals surface area contributed by atoms with Crippen LogP contribution in [0.3, 0.4) is 0 Å². The summed E-state index contributed by atoms with van der Waals surface area (Å²) in [5.41, 5.74) is 1.89. The summed E-state index contributed by atoms with van der Waals surface area (Å²) < 4.78 is 0. The topological polar surface area (TPSA) is 54.0 Å². The average molecular weight is 412 g/mol. The molecule has 1 aromatic heterocycles. The van der Waals surface area contributed by atoms with Crippen molar-refractivity contribution < 1.29 is 4.79 Å². The number of hydrogen-bond acceptors (Lipinski definition) is 2. The molecule has 2 N–H and O–H groups in total. The zero-order valence-electron chi connectivity index (χ0n) is 18.9. The number of amides is 2. The summed E-state index contributed by atoms with van der Waals surface area (Å²) in [6, 6.07) is 4.45. The molecule has 4 bridgehead atoms. The maximum Gasteiger partial charge on any atom is 0.315 e. The predicted molar refractivity (Wildman–Crippen MR) is 122 cm³/mol. The maximum atomic E-state index is 12.5. The minimum absolute atomic E-state index is 0.0244. The second kappa shape index (κ2) is 10.2. The van der Waals surface area contributed by atoms with Crippen molar-refractivity contribution in [2.75, 3.05) is 6.54 Å². The third kappa shape index (κ3) is 5.76. The van der Waals surface area contributed by atoms with Crippen molar-refractivity contribution in [3.05, 3.63) is 30.1 Å². The highest BCUT2D eigenvalue weighted by Crippen LogP contribution is 2.61. The summed E-state index contributed by atoms with van der Waals surface area (Å²) in [4.78, 5) is 16.6. The fraction of sp³-hybridized carbons (Fsp3) is 0.769. The molecule has 5 rings (SSSR count). The van der Waals surface area contributed by atoms with Gasteiger partial charge in [-0.2, -0.15) is 0 Å². The standard InChI is InChI=1S/C26H41N3O/c1-2-3-6-24(29-25(30)28-11-4-5-20-8-12-27-13-9-20)7-10-26-17-21-14-22(18-26)16-23(15-21)19-26/h8-9,12-13,21-24H,2-7,10-11,14-19H2,1H3,(H2,28,29,30). The number of urea groups is 1. The summed E-state index contributed by atoms with van der Waals surface area (Å²) in [5, 5.41) is 6.41. The first-order chi connectivity index (χ1) is 14.6. The lowest BCUT2D eigenvalue weighted by molar-refractivity contribution is -0.0592. The van der Waals surface area contributed by atoms with Gasteiger partial charge < -0.3 is 10.6 Å². The molecule has 0 radical (unpaired) electrons. The van der Waals surface area contributed by atoms with E-state index in [0.717, 1.165) is 50.0 Å². The molecule has 0 aliphatic heterocycles. The van der Waals surface area contributed by atoms with E-state index in [1.54, 1.807) is 0 Å². The Labute approximate surface area is 183 Å². The minimum atomic E-state index is 0.0244. The fourth-order valence-corrected chi connectivity index (χ4v) is 7.10. The number of aryl methyl sites for hydroxylation is 1. The van der Waals surface area contributed by atoms with E-state index in [1.807, 2.05) is 24.5 Å². The number of pyridine rings is 1. The van der Waals surface area contributed by atoms with Crippen LogP contribution in [-0.2, 0) is 6.42 Å². The van der Waals surface area contributed by atoms with E-state index in [0.29, 0.717) is 11.5 Å². The van der Waals surface area contributed by atoms with Crippen LogP contribution in [0.4, 0.5) is 4.79 Å². The number of unbranched alkanes of at least 4 members (excludes halogenated alkanes) is 1. The van der Waals surface area contributed by atoms with Crippen molar-refractivity contribution in [3.63, 3.8) is 0 Å². The lowest BCUT2D eigenvalue weighted by atomic mass is 9.48. The van der Waals surface area contributed by atoms with Crippen molar-refractivity contribution in [1.82, 2.24) is 15.6 Å². The summed E-state index contributed by atoms with van der Waals surface area (Å²) in [6.45, 7) is 2.97. The Balaban J connectivity index is 1.21. The Morgan fingerprint density at radius 3 is 2.37 bits per heavy atom. The quantitative estimate of drug-likeness (QED) is 0.448. The highest BCUT2D eigenvalue weighted by atomic mass is 16.2. The molecule has 4 aliphatic carbocycles. The number of carbonyl (C=O) groups excluding carboxylic acids is 1. The molecular formula is C26H41N3O. The molecule has 166 valence electrons. The van der Waals surface area contributed by atoms with Crippen LogP contribution in [0.5, 0.6) is 0 Å². The largest absolute Gasteiger partial charge is 0.338 e. The lowest BCUT2D eigenvalue weighted by Gasteiger charge is -2.57. The van der Waals surface area contributed by atoms with E-state index in [2.05, 4.69) is 22.5 Å². The van der Waals surface area contributed by atoms with Gasteiger partial charge in [-0.05, 0) is 111 Å². The highest BCUT2D eigenvalue weighted by molar-refractivity contribution is 5.74. The molecule has 2 amide bonds. The maximum absolute atomic E-state index is 12.5. The zero-order chi connectivity index (χ0) is 20.8. The van der Waals surface area contributed by atoms with E-state index < -0.39 is 0 Å². The van der Waals surface area contributed by atoms with Gasteiger partial charge in [-0.15, -0.1) is 0 Å². The van der Waals surface area contributed by atoms with Gasteiger partial charge in [-0.25, -0.2) is 4.79 Å². The number of nitrogens with one attached hydrogen (secondary N) is 2. The van der Waals surface area contributed by atoms with Crippen LogP contribution in [0, 0.1) is 23.2 Å². The van der Waals surface area contributed by atoms with Crippen LogP contribution in [-0.4, -0.2) is 23.6 Å². The first kappa shape index (κ1) is 21.6. The van der Waals surface area contributed by atoms with Crippen molar-refractivity contribution in [3.8, 4) is 0 Å². The van der Waals surface area contributed by atoms with Gasteiger partial charge in [0, 0.05) is 25.0 Å². The molecule has 1 heterocycles. The molecule has 4 saturated carbocycles. The van der Waals surface area contributed by atoms with Crippen LogP contribution < -0.4 is 10.6 Å². The number of hydrogen-bond donors (Lipinski definition) is 2. The zero-order valence-corrected chi connectivity index (χ0v) is 18.9. The van der Waals surface area contributed by atoms with Crippen molar-refractivity contribution in [1.29, 1.82) is 0 Å². The third-order valence-corrected chi connectivity index (χ3v) is 8.11. The summed E-state index contributed by atoms with van der Waals surface area (Å²) >= 11 is 0. The average Bonchev–Trinajstić information content (AvgIpc) is 2.73. The Bertz CT molecular complexity index is 639. The first-order valence-corrected chi connectivity index (χ1v) is 12.6. The Morgan fingerprint density at radius 2 is 1.73 bits per heavy atom. The number of rotatable bonds is 11. The second-order valence-corrected chi connectivity index (χ2v) is 10.7. The third-order valence-electron chi connectivity index (χ3n) is 8.11. The summed E-state index contributed by atoms with van der Waals surface area (Å²) in [7, 11) is 0. The van der Waals surface area contributed by atoms with E-state index in [1.165, 1.54) is 63.4 Å². The highest BCUT2D eigenvalue weighted by Gasteiger charge is 2.50. The molecule has 4 fully saturated rings. The molecule has 4 heteroatoms. The fourth-order valence-electron chi connectivity index (χ4n) is 7.10. The van der Waals surface area contributed by atoms with Crippen molar-refractivity contribution in [2.45, 2.75) is 96.4 Å². The second-order valence-electron chi connectivity index (χ2n) is 10.7. The van der Waals surface area contributed by atoms with Gasteiger partial charge >= 0.3 is 6.03 Å². The molecular weight excluding hydrogens is 370 g/mol. The number of aromatic nitrogens is 1. The Kier molecular flexibility index (Phi) is 7.32. The SMILES string of the molecule is CCCCC(CCC12CC3CC(CC(C3)C1)C2)NC(=O)NCCCc1ccncc1. The van der Waals surface area contributed by atoms with Crippen LogP contribution in [0.15, 0.2) is 24.5 Å². The Hall–Kier alpha value is -1.58. The molecule has 4 aliphatic rings. The normalized spacial score (nSPS) is 30.2. The number of nitrogens with zero attached hydrogens (tertiary/aromatic N) is 1. The first-order valence-electron chi connectivity index (χ1n) is 12.6. The number of carbonyl (C=O) groups is 1. The van der Waals surface area contributed by atoms with Gasteiger partial charge in [-0.1, -0.05) is 19.8 Å². The molecule has 1 atom stereocenters. The van der Waals surface area contributed by atoms with E-state index in [9.17, 15) is 4.79 Å². The molecule has 0 spiro atoms. The summed E-state index contributed by atoms with van der Waals surface area (Å²) in [6.07, 6.45) is 20.6. The molecule has 1 unspecified atom stereocenters. The van der Waals surface area contributed by atoms with Crippen LogP contribution >= 0.6 is 0 Å². The van der Waals surface area contributed by atoms with Gasteiger partial charge in [-0.3, -0.25) is 4.98 Å². The van der Waals surface area contributed by atoms with Crippen LogP contribution in [0.1, 0.15) is 89.5 Å². The van der Waals surface area contributed by atoms with Crippen LogP contribution in [0.25, 0.3) is 0 Å². The minimum Gasteiger partial charge on any atom is -0.338 e. The Morgan fingerprint density at radius 1 is 1.07 bits per heavy atom. The van der Waals surface area contributed by atoms with E-state index >= 15 is 0 Å². The molecule has 4 nitrogen and oxygen atoms in total. The van der Waals surface area contributed by atoms with Gasteiger partial charge in [0.05, 0.1) is 0 Å². The summed E-state index contributed by atoms with van der Waals surface area (Å²) in [5.74, 6) is 3.05. The van der Waals surface area contributed by atoms with Crippen molar-refractivity contribution >= 4 is 6.03 Å². The van der Waals surface area contributed by atoms with Gasteiger partial charge in [0.2, 0.25) is 0 Å². The lowest BCUT2D eigenvalue weighted by Crippen LogP contribution is -2.47. The molecule has 0 saturated heterocycles. The molecule has 0 aromatic carbocycles. The van der Waals surface area contributed by atoms with Crippen molar-refractivity contribution in [2.24, 2.45) is 23.2 Å². The van der Waals surface area contributed by atoms with Gasteiger partial charge in [0.1, 0.15) is 0 Å². The molecule has 1 aromatic rings. The smallest absolute Gasteiger partial charge is 0.315 e. The monoisotopic (exact) mass is 411 g/mol. The van der Waals surface area contributed by atoms with E-state index in [4.69, 9.17) is 0 Å². The van der Waals surface area contributed by atoms with Gasteiger partial charge in [0.25, 0.3) is 0 Å². The molecule has 30 heavy (non-hydrogen) atoms.